The molecular weight excluding hydrogens is 194 g/mol. The van der Waals surface area contributed by atoms with E-state index in [9.17, 15) is 4.79 Å². The van der Waals surface area contributed by atoms with Crippen molar-refractivity contribution >= 4 is 21.9 Å². The minimum Gasteiger partial charge on any atom is -0.412 e. The first-order valence-electron chi connectivity index (χ1n) is 4.30. The highest BCUT2D eigenvalue weighted by atomic mass is 16.1. The zero-order valence-electron chi connectivity index (χ0n) is 7.74. The number of hydrogen-bond donors (Lipinski definition) is 2. The van der Waals surface area contributed by atoms with Crippen LogP contribution in [0.5, 0.6) is 0 Å². The fraction of sp³-hybridized carbons (Fsp3) is 0. The van der Waals surface area contributed by atoms with Crippen LogP contribution in [0.3, 0.4) is 0 Å². The lowest BCUT2D eigenvalue weighted by Gasteiger charge is -1.96. The average Bonchev–Trinajstić information content (AvgIpc) is 2.59. The van der Waals surface area contributed by atoms with Gasteiger partial charge in [0.25, 0.3) is 0 Å². The molecule has 0 atom stereocenters. The number of para-hydroxylation sites is 1. The molecule has 2 aromatic heterocycles. The van der Waals surface area contributed by atoms with E-state index in [4.69, 9.17) is 0 Å². The lowest BCUT2D eigenvalue weighted by atomic mass is 10.2. The molecule has 0 saturated heterocycles. The molecule has 0 aliphatic carbocycles. The highest BCUT2D eigenvalue weighted by molar-refractivity contribution is 6.01. The number of aromatic amines is 2. The highest BCUT2D eigenvalue weighted by Gasteiger charge is 2.02. The summed E-state index contributed by atoms with van der Waals surface area (Å²) >= 11 is 0. The summed E-state index contributed by atoms with van der Waals surface area (Å²) < 4.78 is 0. The molecule has 0 aliphatic rings. The van der Waals surface area contributed by atoms with Gasteiger partial charge in [-0.2, -0.15) is 0 Å². The molecule has 5 nitrogen and oxygen atoms in total. The maximum Gasteiger partial charge on any atom is 0.323 e. The molecule has 3 aromatic rings. The largest absolute Gasteiger partial charge is 0.412 e. The van der Waals surface area contributed by atoms with Gasteiger partial charge in [-0.1, -0.05) is 18.2 Å². The normalized spacial score (nSPS) is 10.4. The Labute approximate surface area is 84.1 Å². The van der Waals surface area contributed by atoms with Gasteiger partial charge in [0, 0.05) is 5.39 Å². The van der Waals surface area contributed by atoms with Gasteiger partial charge in [-0.25, -0.2) is 4.79 Å². The van der Waals surface area contributed by atoms with Crippen LogP contribution < -0.4 is 5.69 Å². The molecule has 0 saturated carbocycles. The molecule has 2 heterocycles. The quantitative estimate of drug-likeness (QED) is 0.559. The molecular formula is C10H9N3O2. The van der Waals surface area contributed by atoms with Gasteiger partial charge >= 0.3 is 5.69 Å². The first-order valence-corrected chi connectivity index (χ1v) is 4.30. The molecule has 5 heteroatoms. The first-order chi connectivity index (χ1) is 6.84. The number of rotatable bonds is 0. The van der Waals surface area contributed by atoms with Crippen molar-refractivity contribution in [3.63, 3.8) is 0 Å². The van der Waals surface area contributed by atoms with E-state index in [0.29, 0.717) is 0 Å². The topological polar surface area (TPSA) is 93.0 Å². The second-order valence-corrected chi connectivity index (χ2v) is 3.14. The van der Waals surface area contributed by atoms with Gasteiger partial charge in [0.1, 0.15) is 0 Å². The summed E-state index contributed by atoms with van der Waals surface area (Å²) in [4.78, 5) is 20.8. The SMILES string of the molecule is O.O=c1[nH]c2cnc3ccccc3c2[nH]1. The van der Waals surface area contributed by atoms with Crippen molar-refractivity contribution in [3.8, 4) is 0 Å². The third-order valence-electron chi connectivity index (χ3n) is 2.26. The number of aromatic nitrogens is 3. The molecule has 15 heavy (non-hydrogen) atoms. The van der Waals surface area contributed by atoms with Gasteiger partial charge in [-0.3, -0.25) is 4.98 Å². The molecule has 0 bridgehead atoms. The van der Waals surface area contributed by atoms with Crippen LogP contribution in [0.15, 0.2) is 35.3 Å². The molecule has 4 N–H and O–H groups in total. The van der Waals surface area contributed by atoms with Crippen LogP contribution >= 0.6 is 0 Å². The summed E-state index contributed by atoms with van der Waals surface area (Å²) in [5, 5.41) is 0.961. The van der Waals surface area contributed by atoms with Crippen molar-refractivity contribution < 1.29 is 5.48 Å². The lowest BCUT2D eigenvalue weighted by Crippen LogP contribution is -1.99. The molecule has 1 aromatic carbocycles. The van der Waals surface area contributed by atoms with E-state index < -0.39 is 0 Å². The maximum absolute atomic E-state index is 11.1. The Morgan fingerprint density at radius 1 is 1.13 bits per heavy atom. The van der Waals surface area contributed by atoms with Crippen LogP contribution in [0, 0.1) is 0 Å². The average molecular weight is 203 g/mol. The number of pyridine rings is 1. The minimum atomic E-state index is -0.196. The Hall–Kier alpha value is -2.14. The van der Waals surface area contributed by atoms with E-state index in [1.807, 2.05) is 24.3 Å². The zero-order valence-corrected chi connectivity index (χ0v) is 7.74. The van der Waals surface area contributed by atoms with Gasteiger partial charge in [0.2, 0.25) is 0 Å². The number of imidazole rings is 1. The highest BCUT2D eigenvalue weighted by Crippen LogP contribution is 2.18. The lowest BCUT2D eigenvalue weighted by molar-refractivity contribution is 0.824. The molecule has 0 radical (unpaired) electrons. The number of benzene rings is 1. The number of hydrogen-bond acceptors (Lipinski definition) is 2. The molecule has 0 amide bonds. The van der Waals surface area contributed by atoms with Crippen molar-refractivity contribution in [1.82, 2.24) is 15.0 Å². The molecule has 0 fully saturated rings. The van der Waals surface area contributed by atoms with E-state index in [2.05, 4.69) is 15.0 Å². The van der Waals surface area contributed by atoms with Crippen molar-refractivity contribution in [1.29, 1.82) is 0 Å². The van der Waals surface area contributed by atoms with Crippen molar-refractivity contribution in [2.24, 2.45) is 0 Å². The van der Waals surface area contributed by atoms with Gasteiger partial charge in [-0.15, -0.1) is 0 Å². The van der Waals surface area contributed by atoms with Crippen LogP contribution in [-0.2, 0) is 0 Å². The maximum atomic E-state index is 11.1. The Morgan fingerprint density at radius 2 is 1.93 bits per heavy atom. The molecule has 0 unspecified atom stereocenters. The van der Waals surface area contributed by atoms with Crippen LogP contribution in [-0.4, -0.2) is 20.4 Å². The van der Waals surface area contributed by atoms with Crippen LogP contribution in [0.25, 0.3) is 21.9 Å². The van der Waals surface area contributed by atoms with Crippen molar-refractivity contribution in [2.45, 2.75) is 0 Å². The van der Waals surface area contributed by atoms with E-state index in [0.717, 1.165) is 21.9 Å². The summed E-state index contributed by atoms with van der Waals surface area (Å²) in [6.07, 6.45) is 1.66. The third-order valence-corrected chi connectivity index (χ3v) is 2.26. The van der Waals surface area contributed by atoms with E-state index in [1.54, 1.807) is 6.20 Å². The monoisotopic (exact) mass is 203 g/mol. The summed E-state index contributed by atoms with van der Waals surface area (Å²) in [5.74, 6) is 0. The fourth-order valence-electron chi connectivity index (χ4n) is 1.64. The zero-order chi connectivity index (χ0) is 9.54. The Kier molecular flexibility index (Phi) is 2.02. The smallest absolute Gasteiger partial charge is 0.323 e. The molecule has 0 aliphatic heterocycles. The minimum absolute atomic E-state index is 0. The van der Waals surface area contributed by atoms with E-state index in [-0.39, 0.29) is 11.2 Å². The standard InChI is InChI=1S/C10H7N3O.H2O/c14-10-12-8-5-11-7-4-2-1-3-6(7)9(8)13-10;/h1-5H,(H2,12,13,14);1H2. The fourth-order valence-corrected chi connectivity index (χ4v) is 1.64. The summed E-state index contributed by atoms with van der Waals surface area (Å²) in [6, 6.07) is 7.70. The summed E-state index contributed by atoms with van der Waals surface area (Å²) in [6.45, 7) is 0. The predicted octanol–water partition coefficient (Wildman–Crippen LogP) is 0.580. The molecule has 3 rings (SSSR count). The Morgan fingerprint density at radius 3 is 2.80 bits per heavy atom. The summed E-state index contributed by atoms with van der Waals surface area (Å²) in [5.41, 5.74) is 2.25. The first kappa shape index (κ1) is 9.42. The second-order valence-electron chi connectivity index (χ2n) is 3.14. The number of H-pyrrole nitrogens is 2. The van der Waals surface area contributed by atoms with Crippen molar-refractivity contribution in [2.75, 3.05) is 0 Å². The predicted molar refractivity (Wildman–Crippen MR) is 57.8 cm³/mol. The second kappa shape index (κ2) is 3.21. The van der Waals surface area contributed by atoms with E-state index >= 15 is 0 Å². The van der Waals surface area contributed by atoms with Gasteiger partial charge in [0.05, 0.1) is 22.7 Å². The molecule has 0 spiro atoms. The van der Waals surface area contributed by atoms with Crippen molar-refractivity contribution in [3.05, 3.63) is 40.9 Å². The van der Waals surface area contributed by atoms with Crippen LogP contribution in [0.4, 0.5) is 0 Å². The Balaban J connectivity index is 0.000000853. The van der Waals surface area contributed by atoms with E-state index in [1.165, 1.54) is 0 Å². The summed E-state index contributed by atoms with van der Waals surface area (Å²) in [7, 11) is 0. The van der Waals surface area contributed by atoms with Crippen LogP contribution in [0.2, 0.25) is 0 Å². The Bertz CT molecular complexity index is 669. The van der Waals surface area contributed by atoms with Gasteiger partial charge < -0.3 is 15.4 Å². The number of fused-ring (bicyclic) bond motifs is 3. The van der Waals surface area contributed by atoms with Crippen LogP contribution in [0.1, 0.15) is 0 Å². The number of nitrogens with one attached hydrogen (secondary N) is 2. The van der Waals surface area contributed by atoms with Gasteiger partial charge in [-0.05, 0) is 6.07 Å². The molecule has 76 valence electrons. The van der Waals surface area contributed by atoms with Gasteiger partial charge in [0.15, 0.2) is 0 Å². The third kappa shape index (κ3) is 1.29. The number of nitrogens with zero attached hydrogens (tertiary/aromatic N) is 1.